The summed E-state index contributed by atoms with van der Waals surface area (Å²) in [5.74, 6) is -0.436. The molecule has 0 fully saturated rings. The highest BCUT2D eigenvalue weighted by molar-refractivity contribution is 5.92. The number of amides is 1. The van der Waals surface area contributed by atoms with Crippen LogP contribution in [0, 0.1) is 6.07 Å². The van der Waals surface area contributed by atoms with E-state index in [-0.39, 0.29) is 0 Å². The summed E-state index contributed by atoms with van der Waals surface area (Å²) in [5, 5.41) is 0. The Labute approximate surface area is 65.0 Å². The smallest absolute Gasteiger partial charge is 0.248 e. The average Bonchev–Trinajstić information content (AvgIpc) is 2.05. The van der Waals surface area contributed by atoms with Crippen LogP contribution < -0.4 is 11.5 Å². The summed E-state index contributed by atoms with van der Waals surface area (Å²) < 4.78 is 0. The van der Waals surface area contributed by atoms with Crippen molar-refractivity contribution in [2.24, 2.45) is 11.5 Å². The molecule has 1 amide bonds. The second-order valence-electron chi connectivity index (χ2n) is 2.17. The Morgan fingerprint density at radius 1 is 1.64 bits per heavy atom. The first-order valence-corrected chi connectivity index (χ1v) is 3.24. The van der Waals surface area contributed by atoms with E-state index in [1.165, 1.54) is 0 Å². The van der Waals surface area contributed by atoms with E-state index in [4.69, 9.17) is 11.5 Å². The van der Waals surface area contributed by atoms with E-state index in [0.29, 0.717) is 12.1 Å². The largest absolute Gasteiger partial charge is 0.366 e. The molecule has 0 bridgehead atoms. The Kier molecular flexibility index (Phi) is 2.23. The van der Waals surface area contributed by atoms with Crippen molar-refractivity contribution < 1.29 is 4.79 Å². The van der Waals surface area contributed by atoms with Gasteiger partial charge in [-0.3, -0.25) is 4.79 Å². The zero-order valence-electron chi connectivity index (χ0n) is 6.00. The number of hydrogen-bond acceptors (Lipinski definition) is 2. The maximum Gasteiger partial charge on any atom is 0.248 e. The van der Waals surface area contributed by atoms with Crippen LogP contribution in [-0.2, 0) is 6.54 Å². The predicted molar refractivity (Wildman–Crippen MR) is 41.7 cm³/mol. The molecule has 0 saturated heterocycles. The molecule has 0 aliphatic heterocycles. The zero-order chi connectivity index (χ0) is 8.27. The van der Waals surface area contributed by atoms with Gasteiger partial charge in [0, 0.05) is 12.1 Å². The van der Waals surface area contributed by atoms with Crippen LogP contribution in [0.4, 0.5) is 0 Å². The first-order valence-electron chi connectivity index (χ1n) is 3.24. The summed E-state index contributed by atoms with van der Waals surface area (Å²) in [7, 11) is 0. The van der Waals surface area contributed by atoms with E-state index < -0.39 is 5.91 Å². The second kappa shape index (κ2) is 3.16. The standard InChI is InChI=1S/C8H9N2O/c9-5-6-2-1-3-7(4-6)8(10)11/h1,3-4H,5,9H2,(H2,10,11). The lowest BCUT2D eigenvalue weighted by Crippen LogP contribution is -2.11. The van der Waals surface area contributed by atoms with Crippen LogP contribution in [-0.4, -0.2) is 5.91 Å². The normalized spacial score (nSPS) is 9.55. The molecule has 1 aromatic rings. The highest BCUT2D eigenvalue weighted by Gasteiger charge is 1.99. The Balaban J connectivity index is 3.01. The minimum atomic E-state index is -0.436. The van der Waals surface area contributed by atoms with Crippen molar-refractivity contribution in [3.63, 3.8) is 0 Å². The third kappa shape index (κ3) is 1.78. The van der Waals surface area contributed by atoms with Gasteiger partial charge in [-0.1, -0.05) is 6.07 Å². The summed E-state index contributed by atoms with van der Waals surface area (Å²) in [6.45, 7) is 0.376. The maximum absolute atomic E-state index is 10.6. The second-order valence-corrected chi connectivity index (χ2v) is 2.17. The summed E-state index contributed by atoms with van der Waals surface area (Å²) in [5.41, 5.74) is 11.6. The fourth-order valence-corrected chi connectivity index (χ4v) is 0.787. The Morgan fingerprint density at radius 3 is 2.91 bits per heavy atom. The van der Waals surface area contributed by atoms with Gasteiger partial charge in [-0.15, -0.1) is 0 Å². The van der Waals surface area contributed by atoms with Crippen molar-refractivity contribution in [2.75, 3.05) is 0 Å². The summed E-state index contributed by atoms with van der Waals surface area (Å²) in [4.78, 5) is 10.6. The number of benzene rings is 1. The van der Waals surface area contributed by atoms with Crippen molar-refractivity contribution in [1.29, 1.82) is 0 Å². The van der Waals surface area contributed by atoms with Crippen LogP contribution in [0.15, 0.2) is 18.2 Å². The molecule has 3 nitrogen and oxygen atoms in total. The van der Waals surface area contributed by atoms with E-state index in [1.54, 1.807) is 18.2 Å². The van der Waals surface area contributed by atoms with Gasteiger partial charge in [0.25, 0.3) is 0 Å². The van der Waals surface area contributed by atoms with E-state index in [1.807, 2.05) is 0 Å². The quantitative estimate of drug-likeness (QED) is 0.623. The minimum absolute atomic E-state index is 0.376. The van der Waals surface area contributed by atoms with Gasteiger partial charge in [-0.2, -0.15) is 0 Å². The van der Waals surface area contributed by atoms with Crippen molar-refractivity contribution in [3.05, 3.63) is 35.4 Å². The molecular weight excluding hydrogens is 140 g/mol. The molecule has 0 aromatic heterocycles. The fourth-order valence-electron chi connectivity index (χ4n) is 0.787. The molecule has 1 aromatic carbocycles. The lowest BCUT2D eigenvalue weighted by Gasteiger charge is -1.97. The monoisotopic (exact) mass is 149 g/mol. The zero-order valence-corrected chi connectivity index (χ0v) is 6.00. The molecule has 1 rings (SSSR count). The third-order valence-electron chi connectivity index (χ3n) is 1.37. The molecule has 1 radical (unpaired) electrons. The van der Waals surface area contributed by atoms with Crippen molar-refractivity contribution >= 4 is 5.91 Å². The van der Waals surface area contributed by atoms with Gasteiger partial charge in [0.1, 0.15) is 0 Å². The van der Waals surface area contributed by atoms with Crippen LogP contribution in [0.3, 0.4) is 0 Å². The lowest BCUT2D eigenvalue weighted by molar-refractivity contribution is 0.1000. The predicted octanol–water partition coefficient (Wildman–Crippen LogP) is 0.0444. The number of hydrogen-bond donors (Lipinski definition) is 2. The van der Waals surface area contributed by atoms with Gasteiger partial charge in [-0.25, -0.2) is 0 Å². The van der Waals surface area contributed by atoms with Gasteiger partial charge in [0.05, 0.1) is 0 Å². The molecule has 3 heteroatoms. The van der Waals surface area contributed by atoms with E-state index in [0.717, 1.165) is 5.56 Å². The number of rotatable bonds is 2. The Morgan fingerprint density at radius 2 is 2.36 bits per heavy atom. The molecule has 0 aliphatic rings. The third-order valence-corrected chi connectivity index (χ3v) is 1.37. The number of primary amides is 1. The molecule has 4 N–H and O–H groups in total. The van der Waals surface area contributed by atoms with Gasteiger partial charge < -0.3 is 11.5 Å². The highest BCUT2D eigenvalue weighted by atomic mass is 16.1. The molecule has 0 aliphatic carbocycles. The molecular formula is C8H9N2O. The Hall–Kier alpha value is -1.35. The van der Waals surface area contributed by atoms with E-state index >= 15 is 0 Å². The van der Waals surface area contributed by atoms with E-state index in [2.05, 4.69) is 6.07 Å². The highest BCUT2D eigenvalue weighted by Crippen LogP contribution is 2.02. The molecule has 0 saturated carbocycles. The minimum Gasteiger partial charge on any atom is -0.366 e. The number of nitrogens with two attached hydrogens (primary N) is 2. The number of carbonyl (C=O) groups is 1. The summed E-state index contributed by atoms with van der Waals surface area (Å²) >= 11 is 0. The Bertz CT molecular complexity index is 271. The van der Waals surface area contributed by atoms with Gasteiger partial charge in [0.2, 0.25) is 5.91 Å². The van der Waals surface area contributed by atoms with Crippen molar-refractivity contribution in [3.8, 4) is 0 Å². The molecule has 0 spiro atoms. The van der Waals surface area contributed by atoms with Gasteiger partial charge in [-0.05, 0) is 23.8 Å². The van der Waals surface area contributed by atoms with Crippen LogP contribution in [0.5, 0.6) is 0 Å². The first-order chi connectivity index (χ1) is 5.24. The van der Waals surface area contributed by atoms with Crippen LogP contribution in [0.1, 0.15) is 15.9 Å². The van der Waals surface area contributed by atoms with Gasteiger partial charge in [0.15, 0.2) is 0 Å². The lowest BCUT2D eigenvalue weighted by atomic mass is 10.1. The maximum atomic E-state index is 10.6. The van der Waals surface area contributed by atoms with Crippen molar-refractivity contribution in [2.45, 2.75) is 6.54 Å². The van der Waals surface area contributed by atoms with Crippen LogP contribution in [0.2, 0.25) is 0 Å². The average molecular weight is 149 g/mol. The molecule has 0 heterocycles. The van der Waals surface area contributed by atoms with Crippen LogP contribution in [0.25, 0.3) is 0 Å². The van der Waals surface area contributed by atoms with Crippen molar-refractivity contribution in [1.82, 2.24) is 0 Å². The molecule has 11 heavy (non-hydrogen) atoms. The fraction of sp³-hybridized carbons (Fsp3) is 0.125. The summed E-state index contributed by atoms with van der Waals surface area (Å²) in [6, 6.07) is 7.78. The SMILES string of the molecule is NCc1[c]ccc(C(N)=O)c1. The van der Waals surface area contributed by atoms with E-state index in [9.17, 15) is 4.79 Å². The first kappa shape index (κ1) is 7.75. The molecule has 57 valence electrons. The summed E-state index contributed by atoms with van der Waals surface area (Å²) in [6.07, 6.45) is 0. The van der Waals surface area contributed by atoms with Crippen LogP contribution >= 0.6 is 0 Å². The molecule has 0 unspecified atom stereocenters. The number of carbonyl (C=O) groups excluding carboxylic acids is 1. The topological polar surface area (TPSA) is 69.1 Å². The van der Waals surface area contributed by atoms with Gasteiger partial charge >= 0.3 is 0 Å². The molecule has 0 atom stereocenters.